The summed E-state index contributed by atoms with van der Waals surface area (Å²) in [5, 5.41) is 1.81. The van der Waals surface area contributed by atoms with Crippen LogP contribution in [0, 0.1) is 0 Å². The van der Waals surface area contributed by atoms with Crippen molar-refractivity contribution in [2.45, 2.75) is 45.1 Å². The Morgan fingerprint density at radius 1 is 1.16 bits per heavy atom. The Morgan fingerprint density at radius 2 is 1.88 bits per heavy atom. The fourth-order valence-corrected chi connectivity index (χ4v) is 3.59. The molecule has 3 rings (SSSR count). The molecule has 0 bridgehead atoms. The van der Waals surface area contributed by atoms with Crippen LogP contribution in [0.25, 0.3) is 10.9 Å². The lowest BCUT2D eigenvalue weighted by atomic mass is 10.0. The van der Waals surface area contributed by atoms with E-state index in [1.54, 1.807) is 0 Å². The van der Waals surface area contributed by atoms with E-state index in [1.807, 2.05) is 18.2 Å². The van der Waals surface area contributed by atoms with Gasteiger partial charge in [0.15, 0.2) is 0 Å². The van der Waals surface area contributed by atoms with Crippen molar-refractivity contribution in [3.8, 4) is 5.75 Å². The largest absolute Gasteiger partial charge is 0.488 e. The first-order chi connectivity index (χ1) is 11.0. The van der Waals surface area contributed by atoms with Crippen LogP contribution >= 0.6 is 36.4 Å². The second kappa shape index (κ2) is 9.82. The van der Waals surface area contributed by atoms with Gasteiger partial charge < -0.3 is 9.64 Å². The lowest BCUT2D eigenvalue weighted by Crippen LogP contribution is -2.28. The molecule has 1 aromatic carbocycles. The molecule has 1 heterocycles. The quantitative estimate of drug-likeness (QED) is 0.643. The van der Waals surface area contributed by atoms with Gasteiger partial charge in [-0.15, -0.1) is 24.8 Å². The van der Waals surface area contributed by atoms with Crippen molar-refractivity contribution in [2.24, 2.45) is 0 Å². The molecule has 1 aliphatic rings. The highest BCUT2D eigenvalue weighted by molar-refractivity contribution is 6.31. The summed E-state index contributed by atoms with van der Waals surface area (Å²) in [6.45, 7) is 3.03. The second-order valence-electron chi connectivity index (χ2n) is 6.78. The Bertz CT molecular complexity index is 707. The number of rotatable bonds is 4. The van der Waals surface area contributed by atoms with Crippen LogP contribution in [-0.2, 0) is 12.8 Å². The van der Waals surface area contributed by atoms with Crippen molar-refractivity contribution in [2.75, 3.05) is 20.6 Å². The highest BCUT2D eigenvalue weighted by Crippen LogP contribution is 2.36. The number of hydrogen-bond acceptors (Lipinski definition) is 3. The second-order valence-corrected chi connectivity index (χ2v) is 7.22. The van der Waals surface area contributed by atoms with Crippen molar-refractivity contribution in [3.63, 3.8) is 0 Å². The van der Waals surface area contributed by atoms with Gasteiger partial charge in [0.25, 0.3) is 0 Å². The van der Waals surface area contributed by atoms with Crippen LogP contribution in [0.3, 0.4) is 0 Å². The predicted octanol–water partition coefficient (Wildman–Crippen LogP) is 5.33. The summed E-state index contributed by atoms with van der Waals surface area (Å²) in [7, 11) is 4.15. The molecule has 6 heteroatoms. The lowest BCUT2D eigenvalue weighted by Gasteiger charge is -2.23. The van der Waals surface area contributed by atoms with Gasteiger partial charge in [0.2, 0.25) is 0 Å². The van der Waals surface area contributed by atoms with E-state index < -0.39 is 0 Å². The normalized spacial score (nSPS) is 14.9. The molecule has 0 saturated heterocycles. The number of fused-ring (bicyclic) bond motifs is 2. The topological polar surface area (TPSA) is 25.4 Å². The summed E-state index contributed by atoms with van der Waals surface area (Å²) in [6.07, 6.45) is 5.92. The molecule has 0 N–H and O–H groups in total. The molecule has 140 valence electrons. The number of benzene rings is 1. The van der Waals surface area contributed by atoms with Gasteiger partial charge in [-0.1, -0.05) is 18.0 Å². The van der Waals surface area contributed by atoms with Gasteiger partial charge in [0.1, 0.15) is 11.9 Å². The van der Waals surface area contributed by atoms with Crippen molar-refractivity contribution < 1.29 is 4.74 Å². The third kappa shape index (κ3) is 5.37. The highest BCUT2D eigenvalue weighted by atomic mass is 35.5. The molecule has 1 atom stereocenters. The number of ether oxygens (including phenoxy) is 1. The molecule has 1 aliphatic carbocycles. The number of pyridine rings is 1. The minimum absolute atomic E-state index is 0. The van der Waals surface area contributed by atoms with E-state index in [9.17, 15) is 0 Å². The van der Waals surface area contributed by atoms with Gasteiger partial charge in [0.05, 0.1) is 5.52 Å². The number of aromatic nitrogens is 1. The van der Waals surface area contributed by atoms with Crippen LogP contribution in [0.1, 0.15) is 37.4 Å². The molecule has 0 amide bonds. The highest BCUT2D eigenvalue weighted by Gasteiger charge is 2.20. The third-order valence-electron chi connectivity index (χ3n) is 4.36. The van der Waals surface area contributed by atoms with E-state index in [0.717, 1.165) is 41.1 Å². The summed E-state index contributed by atoms with van der Waals surface area (Å²) in [6, 6.07) is 5.93. The van der Waals surface area contributed by atoms with Gasteiger partial charge in [0, 0.05) is 28.2 Å². The summed E-state index contributed by atoms with van der Waals surface area (Å²) < 4.78 is 6.41. The van der Waals surface area contributed by atoms with Crippen molar-refractivity contribution in [1.29, 1.82) is 0 Å². The molecular formula is C19H27Cl3N2O. The summed E-state index contributed by atoms with van der Waals surface area (Å²) >= 11 is 6.17. The number of hydrogen-bond donors (Lipinski definition) is 0. The zero-order valence-corrected chi connectivity index (χ0v) is 17.4. The lowest BCUT2D eigenvalue weighted by molar-refractivity contribution is 0.177. The van der Waals surface area contributed by atoms with E-state index in [1.165, 1.54) is 30.5 Å². The van der Waals surface area contributed by atoms with Crippen LogP contribution in [0.15, 0.2) is 18.2 Å². The summed E-state index contributed by atoms with van der Waals surface area (Å²) in [4.78, 5) is 7.05. The van der Waals surface area contributed by atoms with E-state index in [2.05, 4.69) is 25.9 Å². The SMILES string of the molecule is CC(CN(C)C)Oc1c2c(nc3cc(Cl)ccc13)CCCCC2.Cl.Cl. The molecule has 0 spiro atoms. The van der Waals surface area contributed by atoms with E-state index >= 15 is 0 Å². The standard InChI is InChI=1S/C19H25ClN2O.2ClH/c1-13(12-22(2)3)23-19-15-7-5-4-6-8-17(15)21-18-11-14(20)9-10-16(18)19;;/h9-11,13H,4-8,12H2,1-3H3;2*1H. The monoisotopic (exact) mass is 404 g/mol. The maximum Gasteiger partial charge on any atom is 0.134 e. The fourth-order valence-electron chi connectivity index (χ4n) is 3.42. The molecule has 0 fully saturated rings. The van der Waals surface area contributed by atoms with Gasteiger partial charge >= 0.3 is 0 Å². The first-order valence-corrected chi connectivity index (χ1v) is 8.85. The molecule has 2 aromatic rings. The molecule has 1 aromatic heterocycles. The minimum atomic E-state index is 0. The van der Waals surface area contributed by atoms with E-state index in [-0.39, 0.29) is 30.9 Å². The maximum absolute atomic E-state index is 6.41. The number of likely N-dealkylation sites (N-methyl/N-ethyl adjacent to an activating group) is 1. The summed E-state index contributed by atoms with van der Waals surface area (Å²) in [5.74, 6) is 1.03. The first kappa shape index (κ1) is 22.3. The first-order valence-electron chi connectivity index (χ1n) is 8.47. The average Bonchev–Trinajstić information content (AvgIpc) is 2.71. The molecule has 0 saturated carbocycles. The molecule has 1 unspecified atom stereocenters. The van der Waals surface area contributed by atoms with Gasteiger partial charge in [-0.3, -0.25) is 4.98 Å². The smallest absolute Gasteiger partial charge is 0.134 e. The Hall–Kier alpha value is -0.740. The predicted molar refractivity (Wildman–Crippen MR) is 111 cm³/mol. The van der Waals surface area contributed by atoms with Crippen LogP contribution in [0.4, 0.5) is 0 Å². The zero-order chi connectivity index (χ0) is 16.4. The van der Waals surface area contributed by atoms with Crippen LogP contribution in [-0.4, -0.2) is 36.6 Å². The Kier molecular flexibility index (Phi) is 8.76. The third-order valence-corrected chi connectivity index (χ3v) is 4.60. The molecule has 0 radical (unpaired) electrons. The molecule has 3 nitrogen and oxygen atoms in total. The average molecular weight is 406 g/mol. The van der Waals surface area contributed by atoms with Gasteiger partial charge in [-0.2, -0.15) is 0 Å². The van der Waals surface area contributed by atoms with E-state index in [0.29, 0.717) is 0 Å². The minimum Gasteiger partial charge on any atom is -0.488 e. The fraction of sp³-hybridized carbons (Fsp3) is 0.526. The molecular weight excluding hydrogens is 379 g/mol. The molecule has 25 heavy (non-hydrogen) atoms. The Labute approximate surface area is 167 Å². The van der Waals surface area contributed by atoms with E-state index in [4.69, 9.17) is 21.3 Å². The Morgan fingerprint density at radius 3 is 2.60 bits per heavy atom. The van der Waals surface area contributed by atoms with Crippen LogP contribution in [0.5, 0.6) is 5.75 Å². The van der Waals surface area contributed by atoms with Gasteiger partial charge in [-0.05, 0) is 64.9 Å². The summed E-state index contributed by atoms with van der Waals surface area (Å²) in [5.41, 5.74) is 3.46. The van der Waals surface area contributed by atoms with Crippen molar-refractivity contribution in [3.05, 3.63) is 34.5 Å². The number of nitrogens with zero attached hydrogens (tertiary/aromatic N) is 2. The number of halogens is 3. The zero-order valence-electron chi connectivity index (χ0n) is 15.0. The maximum atomic E-state index is 6.41. The van der Waals surface area contributed by atoms with Crippen LogP contribution < -0.4 is 4.74 Å². The van der Waals surface area contributed by atoms with Gasteiger partial charge in [-0.25, -0.2) is 0 Å². The van der Waals surface area contributed by atoms with Crippen molar-refractivity contribution in [1.82, 2.24) is 9.88 Å². The van der Waals surface area contributed by atoms with Crippen molar-refractivity contribution >= 4 is 47.3 Å². The van der Waals surface area contributed by atoms with Crippen LogP contribution in [0.2, 0.25) is 5.02 Å². The Balaban J connectivity index is 0.00000156. The number of aryl methyl sites for hydroxylation is 1. The molecule has 0 aliphatic heterocycles.